The molecule has 64 heavy (non-hydrogen) atoms. The maximum absolute atomic E-state index is 14.0. The Morgan fingerprint density at radius 1 is 0.625 bits per heavy atom. The van der Waals surface area contributed by atoms with E-state index in [-0.39, 0.29) is 31.2 Å². The molecule has 20 nitrogen and oxygen atoms in total. The van der Waals surface area contributed by atoms with Gasteiger partial charge in [-0.1, -0.05) is 45.9 Å². The molecule has 0 saturated heterocycles. The van der Waals surface area contributed by atoms with Gasteiger partial charge in [0, 0.05) is 73.7 Å². The second-order valence-corrected chi connectivity index (χ2v) is 16.7. The number of nitrogens with one attached hydrogen (secondary N) is 10. The van der Waals surface area contributed by atoms with Gasteiger partial charge in [-0.05, 0) is 50.7 Å². The molecular weight excluding hydrogens is 825 g/mol. The molecule has 1 aromatic carbocycles. The lowest BCUT2D eigenvalue weighted by molar-refractivity contribution is -0.135. The third kappa shape index (κ3) is 15.4. The molecule has 0 aliphatic carbocycles. The fourth-order valence-corrected chi connectivity index (χ4v) is 7.06. The molecule has 7 amide bonds. The van der Waals surface area contributed by atoms with Crippen LogP contribution in [0.3, 0.4) is 0 Å². The maximum atomic E-state index is 14.0. The van der Waals surface area contributed by atoms with Crippen LogP contribution in [0, 0.1) is 11.8 Å². The zero-order valence-electron chi connectivity index (χ0n) is 37.8. The molecule has 0 aliphatic heterocycles. The number of carbonyl (C=O) groups is 7. The van der Waals surface area contributed by atoms with E-state index in [0.29, 0.717) is 31.0 Å². The largest absolute Gasteiger partial charge is 0.380 e. The van der Waals surface area contributed by atoms with E-state index in [9.17, 15) is 33.6 Å². The monoisotopic (exact) mass is 888 g/mol. The van der Waals surface area contributed by atoms with E-state index < -0.39 is 83.5 Å². The summed E-state index contributed by atoms with van der Waals surface area (Å²) < 4.78 is 5.59. The van der Waals surface area contributed by atoms with Gasteiger partial charge in [0.1, 0.15) is 36.3 Å². The van der Waals surface area contributed by atoms with Crippen LogP contribution in [0.5, 0.6) is 0 Å². The smallest absolute Gasteiger partial charge is 0.243 e. The number of aromatic amines is 3. The van der Waals surface area contributed by atoms with Crippen molar-refractivity contribution >= 4 is 52.3 Å². The number of imidazole rings is 2. The highest BCUT2D eigenvalue weighted by Crippen LogP contribution is 2.19. The number of aromatic nitrogens is 5. The average molecular weight is 889 g/mol. The van der Waals surface area contributed by atoms with Crippen molar-refractivity contribution in [3.63, 3.8) is 0 Å². The predicted molar refractivity (Wildman–Crippen MR) is 238 cm³/mol. The summed E-state index contributed by atoms with van der Waals surface area (Å²) in [4.78, 5) is 111. The molecule has 4 aromatic rings. The first-order valence-electron chi connectivity index (χ1n) is 21.6. The number of hydrogen-bond acceptors (Lipinski definition) is 10. The molecule has 20 heteroatoms. The zero-order chi connectivity index (χ0) is 46.9. The number of carbonyl (C=O) groups excluding carboxylic acids is 7. The highest BCUT2D eigenvalue weighted by molar-refractivity contribution is 5.97. The Morgan fingerprint density at radius 3 is 1.72 bits per heavy atom. The van der Waals surface area contributed by atoms with Crippen molar-refractivity contribution in [3.8, 4) is 0 Å². The van der Waals surface area contributed by atoms with Gasteiger partial charge in [-0.25, -0.2) is 9.97 Å². The maximum Gasteiger partial charge on any atom is 0.243 e. The Morgan fingerprint density at radius 2 is 1.16 bits per heavy atom. The van der Waals surface area contributed by atoms with E-state index >= 15 is 0 Å². The van der Waals surface area contributed by atoms with E-state index in [1.807, 2.05) is 45.0 Å². The van der Waals surface area contributed by atoms with E-state index in [4.69, 9.17) is 4.74 Å². The van der Waals surface area contributed by atoms with Crippen molar-refractivity contribution in [1.82, 2.24) is 62.1 Å². The third-order valence-electron chi connectivity index (χ3n) is 10.4. The summed E-state index contributed by atoms with van der Waals surface area (Å²) >= 11 is 0. The number of nitrogens with zero attached hydrogens (tertiary/aromatic N) is 2. The highest BCUT2D eigenvalue weighted by atomic mass is 16.5. The molecule has 0 fully saturated rings. The fraction of sp³-hybridized carbons (Fsp3) is 0.523. The first-order valence-corrected chi connectivity index (χ1v) is 21.6. The number of para-hydroxylation sites is 1. The van der Waals surface area contributed by atoms with Gasteiger partial charge in [0.25, 0.3) is 0 Å². The molecule has 3 aromatic heterocycles. The Kier molecular flexibility index (Phi) is 19.0. The van der Waals surface area contributed by atoms with Gasteiger partial charge in [0.15, 0.2) is 0 Å². The highest BCUT2D eigenvalue weighted by Gasteiger charge is 2.33. The standard InChI is InChI=1S/C44H64N12O8/c1-9-64-21-32(14-24(2)3)53-42(61)37(17-31-20-46-23-49-31)54-39(58)26(6)51-44(63)38(25(4)5)56-40(59)27(7)50-41(60)35(15-29-18-47-34-13-11-10-12-33(29)34)55-43(62)36(52-28(8)57)16-30-19-45-22-48-30/h10-13,18-20,22-27,32,35-38,47H,9,14-17,21H2,1-8H3,(H,45,48)(H,46,49)(H,50,60)(H,51,63)(H,52,57)(H,53,61)(H,54,58)(H,55,62)(H,56,59)/t26-,27-,32?,35-,36-,37-,38-/m0/s1. The Bertz CT molecular complexity index is 2150. The normalized spacial score (nSPS) is 14.7. The molecule has 10 N–H and O–H groups in total. The van der Waals surface area contributed by atoms with Gasteiger partial charge in [0.2, 0.25) is 41.4 Å². The second-order valence-electron chi connectivity index (χ2n) is 16.7. The van der Waals surface area contributed by atoms with Gasteiger partial charge < -0.3 is 56.9 Å². The SMILES string of the molecule is CCOCC(CC(C)C)NC(=O)[C@H](Cc1cnc[nH]1)NC(=O)[C@H](C)NC(=O)[C@@H](NC(=O)[C@H](C)NC(=O)[C@H](Cc1c[nH]c2ccccc12)NC(=O)[C@H](Cc1cnc[nH]1)NC(C)=O)C(C)C. The summed E-state index contributed by atoms with van der Waals surface area (Å²) in [6.07, 6.45) is 8.57. The van der Waals surface area contributed by atoms with Crippen LogP contribution < -0.4 is 37.2 Å². The lowest BCUT2D eigenvalue weighted by Crippen LogP contribution is -2.60. The summed E-state index contributed by atoms with van der Waals surface area (Å²) in [5, 5.41) is 20.0. The predicted octanol–water partition coefficient (Wildman–Crippen LogP) is 0.834. The number of H-pyrrole nitrogens is 3. The number of ether oxygens (including phenoxy) is 1. The van der Waals surface area contributed by atoms with Crippen LogP contribution in [-0.4, -0.2) is 122 Å². The molecule has 0 bridgehead atoms. The van der Waals surface area contributed by atoms with Crippen molar-refractivity contribution in [2.75, 3.05) is 13.2 Å². The molecule has 0 spiro atoms. The first-order chi connectivity index (χ1) is 30.4. The summed E-state index contributed by atoms with van der Waals surface area (Å²) in [7, 11) is 0. The van der Waals surface area contributed by atoms with E-state index in [1.54, 1.807) is 26.2 Å². The number of benzene rings is 1. The molecule has 7 atom stereocenters. The van der Waals surface area contributed by atoms with Gasteiger partial charge >= 0.3 is 0 Å². The molecule has 0 aliphatic rings. The molecule has 3 heterocycles. The molecule has 4 rings (SSSR count). The third-order valence-corrected chi connectivity index (χ3v) is 10.4. The first kappa shape index (κ1) is 50.1. The Balaban J connectivity index is 1.43. The Hall–Kier alpha value is -6.57. The Labute approximate surface area is 372 Å². The molecule has 0 saturated carbocycles. The van der Waals surface area contributed by atoms with Crippen molar-refractivity contribution in [1.29, 1.82) is 0 Å². The van der Waals surface area contributed by atoms with E-state index in [0.717, 1.165) is 16.5 Å². The average Bonchev–Trinajstić information content (AvgIpc) is 4.04. The van der Waals surface area contributed by atoms with Crippen LogP contribution in [0.15, 0.2) is 55.5 Å². The van der Waals surface area contributed by atoms with Crippen LogP contribution in [0.1, 0.15) is 78.8 Å². The molecule has 0 radical (unpaired) electrons. The van der Waals surface area contributed by atoms with E-state index in [1.165, 1.54) is 39.6 Å². The molecule has 1 unspecified atom stereocenters. The number of amides is 7. The minimum Gasteiger partial charge on any atom is -0.380 e. The van der Waals surface area contributed by atoms with Crippen LogP contribution in [-0.2, 0) is 57.6 Å². The summed E-state index contributed by atoms with van der Waals surface area (Å²) in [5.41, 5.74) is 2.73. The number of rotatable bonds is 25. The number of hydrogen-bond donors (Lipinski definition) is 10. The zero-order valence-corrected chi connectivity index (χ0v) is 37.8. The topological polar surface area (TPSA) is 286 Å². The van der Waals surface area contributed by atoms with Crippen molar-refractivity contribution < 1.29 is 38.3 Å². The lowest BCUT2D eigenvalue weighted by Gasteiger charge is -2.27. The van der Waals surface area contributed by atoms with Gasteiger partial charge in [0.05, 0.1) is 25.3 Å². The van der Waals surface area contributed by atoms with Crippen LogP contribution in [0.2, 0.25) is 0 Å². The van der Waals surface area contributed by atoms with Crippen molar-refractivity contribution in [2.45, 2.75) is 123 Å². The second kappa shape index (κ2) is 24.3. The number of fused-ring (bicyclic) bond motifs is 1. The van der Waals surface area contributed by atoms with Crippen molar-refractivity contribution in [2.24, 2.45) is 11.8 Å². The molecule has 348 valence electrons. The molecular formula is C44H64N12O8. The fourth-order valence-electron chi connectivity index (χ4n) is 7.06. The van der Waals surface area contributed by atoms with Crippen LogP contribution >= 0.6 is 0 Å². The van der Waals surface area contributed by atoms with Crippen LogP contribution in [0.25, 0.3) is 10.9 Å². The summed E-state index contributed by atoms with van der Waals surface area (Å²) in [6.45, 7) is 14.3. The lowest BCUT2D eigenvalue weighted by atomic mass is 10.0. The quantitative estimate of drug-likeness (QED) is 0.0448. The minimum atomic E-state index is -1.20. The van der Waals surface area contributed by atoms with Gasteiger partial charge in [-0.2, -0.15) is 0 Å². The summed E-state index contributed by atoms with van der Waals surface area (Å²) in [6, 6.07) is 0.427. The van der Waals surface area contributed by atoms with Crippen LogP contribution in [0.4, 0.5) is 0 Å². The summed E-state index contributed by atoms with van der Waals surface area (Å²) in [5.74, 6) is -4.42. The van der Waals surface area contributed by atoms with Gasteiger partial charge in [-0.3, -0.25) is 33.6 Å². The van der Waals surface area contributed by atoms with Crippen molar-refractivity contribution in [3.05, 3.63) is 72.5 Å². The minimum absolute atomic E-state index is 0.0277. The van der Waals surface area contributed by atoms with E-state index in [2.05, 4.69) is 62.1 Å². The van der Waals surface area contributed by atoms with Gasteiger partial charge in [-0.15, -0.1) is 0 Å².